The average Bonchev–Trinajstić information content (AvgIpc) is 2.99. The molecule has 2 aromatic heterocycles. The van der Waals surface area contributed by atoms with Crippen LogP contribution in [0.4, 0.5) is 0 Å². The molecule has 2 heterocycles. The van der Waals surface area contributed by atoms with Gasteiger partial charge in [-0.2, -0.15) is 0 Å². The van der Waals surface area contributed by atoms with Gasteiger partial charge in [-0.15, -0.1) is 11.3 Å². The van der Waals surface area contributed by atoms with Crippen molar-refractivity contribution in [3.05, 3.63) is 34.6 Å². The number of nitrogens with zero attached hydrogens (tertiary/aromatic N) is 2. The van der Waals surface area contributed by atoms with E-state index in [2.05, 4.69) is 15.6 Å². The number of carbonyl (C=O) groups is 1. The molecule has 2 rings (SSSR count). The quantitative estimate of drug-likeness (QED) is 0.856. The molecule has 2 N–H and O–H groups in total. The first-order chi connectivity index (χ1) is 9.54. The number of hydrogen-bond acceptors (Lipinski definition) is 5. The molecule has 0 bridgehead atoms. The Hall–Kier alpha value is -1.66. The summed E-state index contributed by atoms with van der Waals surface area (Å²) in [7, 11) is 0. The fourth-order valence-electron chi connectivity index (χ4n) is 2.23. The Balaban J connectivity index is 2.22. The minimum Gasteiger partial charge on any atom is -0.465 e. The molecule has 0 saturated carbocycles. The lowest BCUT2D eigenvalue weighted by molar-refractivity contribution is -0.144. The van der Waals surface area contributed by atoms with Crippen LogP contribution in [0.15, 0.2) is 17.6 Å². The number of rotatable bonds is 5. The molecular weight excluding hydrogens is 274 g/mol. The predicted molar refractivity (Wildman–Crippen MR) is 79.2 cm³/mol. The van der Waals surface area contributed by atoms with Gasteiger partial charge in [-0.3, -0.25) is 9.36 Å². The van der Waals surface area contributed by atoms with Gasteiger partial charge in [-0.05, 0) is 32.4 Å². The highest BCUT2D eigenvalue weighted by Gasteiger charge is 2.19. The maximum Gasteiger partial charge on any atom is 0.323 e. The van der Waals surface area contributed by atoms with Crippen molar-refractivity contribution >= 4 is 17.3 Å². The van der Waals surface area contributed by atoms with E-state index in [9.17, 15) is 4.79 Å². The van der Waals surface area contributed by atoms with Crippen molar-refractivity contribution < 1.29 is 9.53 Å². The summed E-state index contributed by atoms with van der Waals surface area (Å²) in [6.07, 6.45) is 2.26. The third-order valence-electron chi connectivity index (χ3n) is 3.18. The second-order valence-electron chi connectivity index (χ2n) is 4.61. The highest BCUT2D eigenvalue weighted by molar-refractivity contribution is 7.12. The summed E-state index contributed by atoms with van der Waals surface area (Å²) in [6.45, 7) is 6.17. The van der Waals surface area contributed by atoms with Crippen LogP contribution in [0.5, 0.6) is 0 Å². The van der Waals surface area contributed by atoms with E-state index in [0.717, 1.165) is 22.1 Å². The molecular formula is C14H19N3O2S. The van der Waals surface area contributed by atoms with E-state index >= 15 is 0 Å². The number of thiazole rings is 1. The first-order valence-corrected chi connectivity index (χ1v) is 7.42. The second kappa shape index (κ2) is 6.19. The number of hydrogen-bond donors (Lipinski definition) is 1. The molecule has 108 valence electrons. The van der Waals surface area contributed by atoms with E-state index in [1.165, 1.54) is 0 Å². The van der Waals surface area contributed by atoms with Crippen LogP contribution < -0.4 is 5.73 Å². The van der Waals surface area contributed by atoms with Crippen molar-refractivity contribution in [1.29, 1.82) is 0 Å². The molecule has 2 aromatic rings. The van der Waals surface area contributed by atoms with Gasteiger partial charge in [0.1, 0.15) is 6.04 Å². The van der Waals surface area contributed by atoms with E-state index in [-0.39, 0.29) is 5.97 Å². The van der Waals surface area contributed by atoms with E-state index < -0.39 is 6.04 Å². The summed E-state index contributed by atoms with van der Waals surface area (Å²) in [5.41, 5.74) is 9.09. The summed E-state index contributed by atoms with van der Waals surface area (Å²) in [6, 6.07) is 1.43. The third kappa shape index (κ3) is 2.91. The monoisotopic (exact) mass is 293 g/mol. The number of ether oxygens (including phenoxy) is 1. The first-order valence-electron chi connectivity index (χ1n) is 6.54. The standard InChI is InChI=1S/C14H19N3O2S/c1-4-19-13(18)12(15)8-11-7-9(2)17(10(11)3)14-16-5-6-20-14/h5-7,12H,4,8,15H2,1-3H3. The van der Waals surface area contributed by atoms with Crippen LogP contribution in [-0.2, 0) is 16.0 Å². The van der Waals surface area contributed by atoms with Gasteiger partial charge in [0.15, 0.2) is 5.13 Å². The molecule has 6 heteroatoms. The Morgan fingerprint density at radius 3 is 2.90 bits per heavy atom. The van der Waals surface area contributed by atoms with Crippen LogP contribution >= 0.6 is 11.3 Å². The van der Waals surface area contributed by atoms with Gasteiger partial charge in [0, 0.05) is 29.4 Å². The third-order valence-corrected chi connectivity index (χ3v) is 3.93. The summed E-state index contributed by atoms with van der Waals surface area (Å²) in [5.74, 6) is -0.355. The molecule has 0 aliphatic heterocycles. The van der Waals surface area contributed by atoms with Gasteiger partial charge in [-0.25, -0.2) is 4.98 Å². The maximum atomic E-state index is 11.6. The number of esters is 1. The average molecular weight is 293 g/mol. The minimum atomic E-state index is -0.625. The topological polar surface area (TPSA) is 70.1 Å². The van der Waals surface area contributed by atoms with Crippen molar-refractivity contribution in [3.8, 4) is 5.13 Å². The molecule has 0 aliphatic carbocycles. The zero-order valence-corrected chi connectivity index (χ0v) is 12.7. The number of nitrogens with two attached hydrogens (primary N) is 1. The van der Waals surface area contributed by atoms with Crippen molar-refractivity contribution in [1.82, 2.24) is 9.55 Å². The van der Waals surface area contributed by atoms with Gasteiger partial charge < -0.3 is 10.5 Å². The van der Waals surface area contributed by atoms with Crippen LogP contribution in [0, 0.1) is 13.8 Å². The predicted octanol–water partition coefficient (Wildman–Crippen LogP) is 1.98. The van der Waals surface area contributed by atoms with Crippen LogP contribution in [-0.4, -0.2) is 28.2 Å². The second-order valence-corrected chi connectivity index (χ2v) is 5.48. The van der Waals surface area contributed by atoms with E-state index in [1.54, 1.807) is 24.5 Å². The van der Waals surface area contributed by atoms with Crippen LogP contribution in [0.2, 0.25) is 0 Å². The first kappa shape index (κ1) is 14.7. The van der Waals surface area contributed by atoms with Gasteiger partial charge in [0.05, 0.1) is 6.61 Å². The molecule has 5 nitrogen and oxygen atoms in total. The molecule has 0 fully saturated rings. The fraction of sp³-hybridized carbons (Fsp3) is 0.429. The summed E-state index contributed by atoms with van der Waals surface area (Å²) >= 11 is 1.58. The van der Waals surface area contributed by atoms with Crippen molar-refractivity contribution in [2.24, 2.45) is 5.73 Å². The molecule has 1 atom stereocenters. The summed E-state index contributed by atoms with van der Waals surface area (Å²) in [5, 5.41) is 2.87. The molecule has 0 radical (unpaired) electrons. The Morgan fingerprint density at radius 1 is 1.55 bits per heavy atom. The SMILES string of the molecule is CCOC(=O)C(N)Cc1cc(C)n(-c2nccs2)c1C. The summed E-state index contributed by atoms with van der Waals surface area (Å²) < 4.78 is 7.03. The van der Waals surface area contributed by atoms with E-state index in [4.69, 9.17) is 10.5 Å². The van der Waals surface area contributed by atoms with Gasteiger partial charge in [0.2, 0.25) is 0 Å². The molecule has 0 aromatic carbocycles. The largest absolute Gasteiger partial charge is 0.465 e. The van der Waals surface area contributed by atoms with Gasteiger partial charge in [0.25, 0.3) is 0 Å². The normalized spacial score (nSPS) is 12.4. The molecule has 0 saturated heterocycles. The zero-order valence-electron chi connectivity index (χ0n) is 11.9. The molecule has 0 spiro atoms. The van der Waals surface area contributed by atoms with E-state index in [1.807, 2.05) is 19.2 Å². The Bertz CT molecular complexity index is 590. The number of aromatic nitrogens is 2. The van der Waals surface area contributed by atoms with Crippen LogP contribution in [0.3, 0.4) is 0 Å². The van der Waals surface area contributed by atoms with Crippen molar-refractivity contribution in [3.63, 3.8) is 0 Å². The fourth-order valence-corrected chi connectivity index (χ4v) is 2.98. The number of aryl methyl sites for hydroxylation is 1. The smallest absolute Gasteiger partial charge is 0.323 e. The molecule has 20 heavy (non-hydrogen) atoms. The Morgan fingerprint density at radius 2 is 2.30 bits per heavy atom. The lowest BCUT2D eigenvalue weighted by atomic mass is 10.1. The Kier molecular flexibility index (Phi) is 4.57. The molecule has 1 unspecified atom stereocenters. The van der Waals surface area contributed by atoms with Crippen molar-refractivity contribution in [2.75, 3.05) is 6.61 Å². The van der Waals surface area contributed by atoms with Gasteiger partial charge in [-0.1, -0.05) is 0 Å². The highest BCUT2D eigenvalue weighted by atomic mass is 32.1. The lowest BCUT2D eigenvalue weighted by Crippen LogP contribution is -2.34. The maximum absolute atomic E-state index is 11.6. The molecule has 0 aliphatic rings. The van der Waals surface area contributed by atoms with Crippen molar-refractivity contribution in [2.45, 2.75) is 33.2 Å². The summed E-state index contributed by atoms with van der Waals surface area (Å²) in [4.78, 5) is 15.9. The van der Waals surface area contributed by atoms with E-state index in [0.29, 0.717) is 13.0 Å². The minimum absolute atomic E-state index is 0.352. The Labute approximate surface area is 122 Å². The number of carbonyl (C=O) groups excluding carboxylic acids is 1. The van der Waals surface area contributed by atoms with Gasteiger partial charge >= 0.3 is 5.97 Å². The van der Waals surface area contributed by atoms with Crippen LogP contribution in [0.1, 0.15) is 23.9 Å². The zero-order chi connectivity index (χ0) is 14.7. The lowest BCUT2D eigenvalue weighted by Gasteiger charge is -2.11. The van der Waals surface area contributed by atoms with Crippen LogP contribution in [0.25, 0.3) is 5.13 Å². The molecule has 0 amide bonds. The highest BCUT2D eigenvalue weighted by Crippen LogP contribution is 2.23.